The summed E-state index contributed by atoms with van der Waals surface area (Å²) in [4.78, 5) is 16.8. The Hall–Kier alpha value is -2.18. The third-order valence-corrected chi connectivity index (χ3v) is 5.53. The Morgan fingerprint density at radius 1 is 1.12 bits per heavy atom. The molecule has 3 aromatic rings. The van der Waals surface area contributed by atoms with Crippen LogP contribution in [0.25, 0.3) is 0 Å². The lowest BCUT2D eigenvalue weighted by Crippen LogP contribution is -2.12. The molecule has 1 amide bonds. The molecule has 134 valence electrons. The van der Waals surface area contributed by atoms with Gasteiger partial charge in [0.05, 0.1) is 5.69 Å². The normalized spacial score (nSPS) is 10.7. The summed E-state index contributed by atoms with van der Waals surface area (Å²) in [7, 11) is 0. The number of halogens is 1. The van der Waals surface area contributed by atoms with Gasteiger partial charge in [0.2, 0.25) is 0 Å². The minimum absolute atomic E-state index is 0.142. The number of amides is 1. The highest BCUT2D eigenvalue weighted by Crippen LogP contribution is 2.23. The number of aryl methyl sites for hydroxylation is 2. The van der Waals surface area contributed by atoms with Crippen molar-refractivity contribution < 1.29 is 9.18 Å². The molecule has 0 spiro atoms. The second-order valence-corrected chi connectivity index (χ2v) is 7.94. The van der Waals surface area contributed by atoms with Crippen LogP contribution < -0.4 is 5.32 Å². The molecular formula is C20H19FN2OS2. The Balaban J connectivity index is 1.54. The van der Waals surface area contributed by atoms with Crippen LogP contribution in [0.1, 0.15) is 32.7 Å². The first-order valence-electron chi connectivity index (χ1n) is 8.16. The molecule has 0 aliphatic heterocycles. The van der Waals surface area contributed by atoms with Gasteiger partial charge in [-0.05, 0) is 43.7 Å². The molecule has 0 bridgehead atoms. The van der Waals surface area contributed by atoms with Crippen molar-refractivity contribution in [1.82, 2.24) is 4.98 Å². The zero-order chi connectivity index (χ0) is 18.5. The highest BCUT2D eigenvalue weighted by atomic mass is 32.2. The molecule has 0 aliphatic carbocycles. The van der Waals surface area contributed by atoms with Crippen LogP contribution in [0.2, 0.25) is 0 Å². The SMILES string of the molecule is Cc1cc(C)cc(C(=O)Nc2nc(CSCc3ccc(F)cc3)cs2)c1. The Labute approximate surface area is 160 Å². The first-order chi connectivity index (χ1) is 12.5. The highest BCUT2D eigenvalue weighted by molar-refractivity contribution is 7.97. The molecule has 0 saturated carbocycles. The maximum Gasteiger partial charge on any atom is 0.257 e. The molecule has 1 heterocycles. The van der Waals surface area contributed by atoms with Crippen molar-refractivity contribution in [2.24, 2.45) is 0 Å². The number of carbonyl (C=O) groups excluding carboxylic acids is 1. The summed E-state index contributed by atoms with van der Waals surface area (Å²) in [5, 5.41) is 5.42. The van der Waals surface area contributed by atoms with Crippen LogP contribution in [0.15, 0.2) is 47.8 Å². The van der Waals surface area contributed by atoms with Crippen LogP contribution in [0.3, 0.4) is 0 Å². The van der Waals surface area contributed by atoms with Gasteiger partial charge in [-0.1, -0.05) is 29.3 Å². The molecule has 1 aromatic heterocycles. The number of thiazole rings is 1. The fourth-order valence-corrected chi connectivity index (χ4v) is 4.26. The van der Waals surface area contributed by atoms with Gasteiger partial charge in [-0.2, -0.15) is 11.8 Å². The summed E-state index contributed by atoms with van der Waals surface area (Å²) in [5.74, 6) is 1.18. The summed E-state index contributed by atoms with van der Waals surface area (Å²) in [6, 6.07) is 12.3. The number of nitrogens with zero attached hydrogens (tertiary/aromatic N) is 1. The monoisotopic (exact) mass is 386 g/mol. The lowest BCUT2D eigenvalue weighted by molar-refractivity contribution is 0.102. The maximum atomic E-state index is 12.9. The van der Waals surface area contributed by atoms with Crippen LogP contribution in [0.4, 0.5) is 9.52 Å². The van der Waals surface area contributed by atoms with E-state index in [0.29, 0.717) is 10.7 Å². The number of benzene rings is 2. The fourth-order valence-electron chi connectivity index (χ4n) is 2.56. The number of hydrogen-bond acceptors (Lipinski definition) is 4. The van der Waals surface area contributed by atoms with Gasteiger partial charge in [-0.25, -0.2) is 9.37 Å². The van der Waals surface area contributed by atoms with Crippen molar-refractivity contribution >= 4 is 34.1 Å². The van der Waals surface area contributed by atoms with E-state index in [9.17, 15) is 9.18 Å². The van der Waals surface area contributed by atoms with E-state index in [0.717, 1.165) is 33.9 Å². The minimum atomic E-state index is -0.220. The molecule has 1 N–H and O–H groups in total. The van der Waals surface area contributed by atoms with E-state index < -0.39 is 0 Å². The van der Waals surface area contributed by atoms with Crippen molar-refractivity contribution in [2.75, 3.05) is 5.32 Å². The van der Waals surface area contributed by atoms with E-state index >= 15 is 0 Å². The number of aromatic nitrogens is 1. The number of thioether (sulfide) groups is 1. The van der Waals surface area contributed by atoms with Crippen molar-refractivity contribution in [3.05, 3.63) is 81.6 Å². The first kappa shape index (κ1) is 18.6. The molecule has 0 unspecified atom stereocenters. The van der Waals surface area contributed by atoms with Gasteiger partial charge in [-0.3, -0.25) is 10.1 Å². The second kappa shape index (κ2) is 8.47. The van der Waals surface area contributed by atoms with E-state index in [2.05, 4.69) is 10.3 Å². The van der Waals surface area contributed by atoms with Crippen LogP contribution >= 0.6 is 23.1 Å². The van der Waals surface area contributed by atoms with Crippen LogP contribution in [-0.2, 0) is 11.5 Å². The van der Waals surface area contributed by atoms with Crippen LogP contribution in [0, 0.1) is 19.7 Å². The predicted octanol–water partition coefficient (Wildman–Crippen LogP) is 5.58. The number of nitrogens with one attached hydrogen (secondary N) is 1. The molecule has 0 saturated heterocycles. The summed E-state index contributed by atoms with van der Waals surface area (Å²) in [6.07, 6.45) is 0. The fraction of sp³-hybridized carbons (Fsp3) is 0.200. The van der Waals surface area contributed by atoms with Crippen molar-refractivity contribution in [1.29, 1.82) is 0 Å². The van der Waals surface area contributed by atoms with Gasteiger partial charge in [0.15, 0.2) is 5.13 Å². The molecule has 6 heteroatoms. The first-order valence-corrected chi connectivity index (χ1v) is 10.2. The summed E-state index contributed by atoms with van der Waals surface area (Å²) in [6.45, 7) is 3.95. The van der Waals surface area contributed by atoms with Gasteiger partial charge in [0.25, 0.3) is 5.91 Å². The highest BCUT2D eigenvalue weighted by Gasteiger charge is 2.10. The Morgan fingerprint density at radius 3 is 2.50 bits per heavy atom. The molecule has 0 fully saturated rings. The van der Waals surface area contributed by atoms with E-state index in [1.807, 2.05) is 37.4 Å². The average molecular weight is 387 g/mol. The molecule has 3 nitrogen and oxygen atoms in total. The summed E-state index contributed by atoms with van der Waals surface area (Å²) < 4.78 is 12.9. The van der Waals surface area contributed by atoms with Gasteiger partial charge >= 0.3 is 0 Å². The largest absolute Gasteiger partial charge is 0.298 e. The second-order valence-electron chi connectivity index (χ2n) is 6.09. The summed E-state index contributed by atoms with van der Waals surface area (Å²) in [5.41, 5.74) is 4.78. The van der Waals surface area contributed by atoms with Gasteiger partial charge < -0.3 is 0 Å². The van der Waals surface area contributed by atoms with Gasteiger partial charge in [0, 0.05) is 22.4 Å². The van der Waals surface area contributed by atoms with Crippen LogP contribution in [0.5, 0.6) is 0 Å². The molecule has 2 aromatic carbocycles. The molecule has 3 rings (SSSR count). The number of rotatable bonds is 6. The molecule has 26 heavy (non-hydrogen) atoms. The molecule has 0 aliphatic rings. The summed E-state index contributed by atoms with van der Waals surface area (Å²) >= 11 is 3.13. The lowest BCUT2D eigenvalue weighted by Gasteiger charge is -2.04. The van der Waals surface area contributed by atoms with Crippen molar-refractivity contribution in [2.45, 2.75) is 25.4 Å². The van der Waals surface area contributed by atoms with Gasteiger partial charge in [0.1, 0.15) is 5.82 Å². The van der Waals surface area contributed by atoms with E-state index in [4.69, 9.17) is 0 Å². The average Bonchev–Trinajstić information content (AvgIpc) is 3.03. The van der Waals surface area contributed by atoms with E-state index in [-0.39, 0.29) is 11.7 Å². The smallest absolute Gasteiger partial charge is 0.257 e. The van der Waals surface area contributed by atoms with E-state index in [1.165, 1.54) is 23.5 Å². The number of carbonyl (C=O) groups is 1. The Kier molecular flexibility index (Phi) is 6.06. The minimum Gasteiger partial charge on any atom is -0.298 e. The molecule has 0 radical (unpaired) electrons. The topological polar surface area (TPSA) is 42.0 Å². The molecule has 0 atom stereocenters. The van der Waals surface area contributed by atoms with Crippen molar-refractivity contribution in [3.8, 4) is 0 Å². The Morgan fingerprint density at radius 2 is 1.81 bits per heavy atom. The molecular weight excluding hydrogens is 367 g/mol. The Bertz CT molecular complexity index is 886. The predicted molar refractivity (Wildman–Crippen MR) is 107 cm³/mol. The third-order valence-electron chi connectivity index (χ3n) is 3.69. The number of anilines is 1. The number of hydrogen-bond donors (Lipinski definition) is 1. The zero-order valence-corrected chi connectivity index (χ0v) is 16.2. The maximum absolute atomic E-state index is 12.9. The quantitative estimate of drug-likeness (QED) is 0.601. The van der Waals surface area contributed by atoms with Gasteiger partial charge in [-0.15, -0.1) is 11.3 Å². The third kappa shape index (κ3) is 5.16. The van der Waals surface area contributed by atoms with Crippen LogP contribution in [-0.4, -0.2) is 10.9 Å². The lowest BCUT2D eigenvalue weighted by atomic mass is 10.1. The zero-order valence-electron chi connectivity index (χ0n) is 14.6. The standard InChI is InChI=1S/C20H19FN2OS2/c1-13-7-14(2)9-16(8-13)19(24)23-20-22-18(12-26-20)11-25-10-15-3-5-17(21)6-4-15/h3-9,12H,10-11H2,1-2H3,(H,22,23,24). The van der Waals surface area contributed by atoms with Crippen molar-refractivity contribution in [3.63, 3.8) is 0 Å². The van der Waals surface area contributed by atoms with E-state index in [1.54, 1.807) is 23.9 Å².